The van der Waals surface area contributed by atoms with Crippen molar-refractivity contribution in [2.75, 3.05) is 11.4 Å². The van der Waals surface area contributed by atoms with Crippen LogP contribution in [0.4, 0.5) is 5.69 Å². The zero-order chi connectivity index (χ0) is 14.1. The number of rotatable bonds is 2. The molecule has 0 spiro atoms. The third-order valence-electron chi connectivity index (χ3n) is 3.55. The van der Waals surface area contributed by atoms with Gasteiger partial charge in [-0.2, -0.15) is 0 Å². The lowest BCUT2D eigenvalue weighted by Crippen LogP contribution is -2.30. The summed E-state index contributed by atoms with van der Waals surface area (Å²) in [5.74, 6) is -0.0145. The molecule has 1 aliphatic rings. The Hall–Kier alpha value is -1.75. The fraction of sp³-hybridized carbons (Fsp3) is 0.267. The monoisotopic (exact) mass is 331 g/mol. The molecular formula is C15H14BrN3O. The van der Waals surface area contributed by atoms with Gasteiger partial charge in [0.05, 0.1) is 11.3 Å². The Morgan fingerprint density at radius 3 is 3.10 bits per heavy atom. The zero-order valence-electron chi connectivity index (χ0n) is 11.1. The second kappa shape index (κ2) is 5.32. The minimum atomic E-state index is -0.0145. The van der Waals surface area contributed by atoms with E-state index in [0.29, 0.717) is 12.1 Å². The Kier molecular flexibility index (Phi) is 3.53. The van der Waals surface area contributed by atoms with Gasteiger partial charge in [-0.3, -0.25) is 4.79 Å². The van der Waals surface area contributed by atoms with Crippen molar-refractivity contribution in [1.29, 1.82) is 0 Å². The van der Waals surface area contributed by atoms with E-state index in [4.69, 9.17) is 0 Å². The molecule has 1 aromatic carbocycles. The molecular weight excluding hydrogens is 318 g/mol. The molecule has 2 heterocycles. The lowest BCUT2D eigenvalue weighted by molar-refractivity contribution is 0.0987. The van der Waals surface area contributed by atoms with Crippen molar-refractivity contribution in [2.24, 2.45) is 0 Å². The number of aromatic nitrogens is 2. The number of hydrogen-bond donors (Lipinski definition) is 0. The number of hydrogen-bond acceptors (Lipinski definition) is 3. The van der Waals surface area contributed by atoms with Gasteiger partial charge < -0.3 is 4.90 Å². The summed E-state index contributed by atoms with van der Waals surface area (Å²) in [7, 11) is 0. The Balaban J connectivity index is 2.00. The van der Waals surface area contributed by atoms with Crippen molar-refractivity contribution in [1.82, 2.24) is 9.97 Å². The molecule has 1 aromatic heterocycles. The molecule has 5 heteroatoms. The van der Waals surface area contributed by atoms with Crippen LogP contribution in [0.1, 0.15) is 28.5 Å². The van der Waals surface area contributed by atoms with E-state index in [1.807, 2.05) is 24.0 Å². The molecule has 0 N–H and O–H groups in total. The molecule has 2 aromatic rings. The first kappa shape index (κ1) is 13.2. The minimum Gasteiger partial charge on any atom is -0.308 e. The summed E-state index contributed by atoms with van der Waals surface area (Å²) in [6.07, 6.45) is 4.72. The molecule has 0 bridgehead atoms. The van der Waals surface area contributed by atoms with Crippen molar-refractivity contribution in [3.05, 3.63) is 52.0 Å². The lowest BCUT2D eigenvalue weighted by atomic mass is 10.1. The number of halogens is 1. The highest BCUT2D eigenvalue weighted by Crippen LogP contribution is 2.32. The average molecular weight is 332 g/mol. The van der Waals surface area contributed by atoms with E-state index in [9.17, 15) is 4.79 Å². The van der Waals surface area contributed by atoms with Crippen LogP contribution in [-0.4, -0.2) is 22.4 Å². The van der Waals surface area contributed by atoms with Gasteiger partial charge in [-0.1, -0.05) is 28.9 Å². The quantitative estimate of drug-likeness (QED) is 0.849. The van der Waals surface area contributed by atoms with Crippen LogP contribution < -0.4 is 4.90 Å². The summed E-state index contributed by atoms with van der Waals surface area (Å²) in [6.45, 7) is 2.70. The van der Waals surface area contributed by atoms with Crippen LogP contribution in [-0.2, 0) is 12.8 Å². The highest BCUT2D eigenvalue weighted by Gasteiger charge is 2.27. The third kappa shape index (κ3) is 2.22. The molecule has 0 saturated heterocycles. The maximum absolute atomic E-state index is 12.7. The molecule has 1 amide bonds. The maximum atomic E-state index is 12.7. The summed E-state index contributed by atoms with van der Waals surface area (Å²) in [6, 6.07) is 6.07. The van der Waals surface area contributed by atoms with Gasteiger partial charge in [-0.05, 0) is 30.5 Å². The summed E-state index contributed by atoms with van der Waals surface area (Å²) >= 11 is 3.46. The van der Waals surface area contributed by atoms with Crippen LogP contribution in [0.25, 0.3) is 0 Å². The SMILES string of the molecule is CCc1ncncc1C(=O)N1CCc2ccc(Br)cc21. The minimum absolute atomic E-state index is 0.0145. The molecule has 0 fully saturated rings. The molecule has 0 unspecified atom stereocenters. The van der Waals surface area contributed by atoms with Crippen LogP contribution in [0, 0.1) is 0 Å². The van der Waals surface area contributed by atoms with Crippen LogP contribution in [0.15, 0.2) is 35.2 Å². The van der Waals surface area contributed by atoms with Gasteiger partial charge in [-0.15, -0.1) is 0 Å². The number of amides is 1. The predicted octanol–water partition coefficient (Wildman–Crippen LogP) is 3.00. The van der Waals surface area contributed by atoms with Crippen LogP contribution >= 0.6 is 15.9 Å². The van der Waals surface area contributed by atoms with Gasteiger partial charge in [0.15, 0.2) is 0 Å². The lowest BCUT2D eigenvalue weighted by Gasteiger charge is -2.18. The number of fused-ring (bicyclic) bond motifs is 1. The largest absolute Gasteiger partial charge is 0.308 e. The van der Waals surface area contributed by atoms with Gasteiger partial charge in [0.2, 0.25) is 0 Å². The van der Waals surface area contributed by atoms with Gasteiger partial charge in [-0.25, -0.2) is 9.97 Å². The highest BCUT2D eigenvalue weighted by molar-refractivity contribution is 9.10. The van der Waals surface area contributed by atoms with Crippen LogP contribution in [0.3, 0.4) is 0 Å². The van der Waals surface area contributed by atoms with Gasteiger partial charge in [0.1, 0.15) is 6.33 Å². The second-order valence-corrected chi connectivity index (χ2v) is 5.63. The Bertz CT molecular complexity index is 672. The topological polar surface area (TPSA) is 46.1 Å². The fourth-order valence-electron chi connectivity index (χ4n) is 2.52. The average Bonchev–Trinajstić information content (AvgIpc) is 2.89. The number of nitrogens with zero attached hydrogens (tertiary/aromatic N) is 3. The zero-order valence-corrected chi connectivity index (χ0v) is 12.7. The Morgan fingerprint density at radius 2 is 2.30 bits per heavy atom. The summed E-state index contributed by atoms with van der Waals surface area (Å²) in [5, 5.41) is 0. The van der Waals surface area contributed by atoms with Crippen molar-refractivity contribution >= 4 is 27.5 Å². The van der Waals surface area contributed by atoms with E-state index in [-0.39, 0.29) is 5.91 Å². The summed E-state index contributed by atoms with van der Waals surface area (Å²) in [5.41, 5.74) is 3.59. The Morgan fingerprint density at radius 1 is 1.45 bits per heavy atom. The van der Waals surface area contributed by atoms with Crippen molar-refractivity contribution in [3.8, 4) is 0 Å². The van der Waals surface area contributed by atoms with Crippen molar-refractivity contribution < 1.29 is 4.79 Å². The van der Waals surface area contributed by atoms with E-state index >= 15 is 0 Å². The van der Waals surface area contributed by atoms with Gasteiger partial charge in [0.25, 0.3) is 5.91 Å². The number of anilines is 1. The molecule has 0 radical (unpaired) electrons. The van der Waals surface area contributed by atoms with Crippen molar-refractivity contribution in [2.45, 2.75) is 19.8 Å². The van der Waals surface area contributed by atoms with E-state index in [0.717, 1.165) is 28.7 Å². The van der Waals surface area contributed by atoms with E-state index in [1.165, 1.54) is 11.9 Å². The first-order chi connectivity index (χ1) is 9.70. The third-order valence-corrected chi connectivity index (χ3v) is 4.04. The summed E-state index contributed by atoms with van der Waals surface area (Å²) in [4.78, 5) is 22.7. The molecule has 102 valence electrons. The Labute approximate surface area is 126 Å². The number of benzene rings is 1. The number of carbonyl (C=O) groups is 1. The van der Waals surface area contributed by atoms with E-state index in [2.05, 4.69) is 32.0 Å². The molecule has 0 atom stereocenters. The first-order valence-electron chi connectivity index (χ1n) is 6.60. The second-order valence-electron chi connectivity index (χ2n) is 4.72. The fourth-order valence-corrected chi connectivity index (χ4v) is 2.87. The van der Waals surface area contributed by atoms with Gasteiger partial charge >= 0.3 is 0 Å². The first-order valence-corrected chi connectivity index (χ1v) is 7.39. The maximum Gasteiger partial charge on any atom is 0.261 e. The smallest absolute Gasteiger partial charge is 0.261 e. The molecule has 0 aliphatic carbocycles. The normalized spacial score (nSPS) is 13.4. The molecule has 3 rings (SSSR count). The van der Waals surface area contributed by atoms with Crippen LogP contribution in [0.5, 0.6) is 0 Å². The summed E-state index contributed by atoms with van der Waals surface area (Å²) < 4.78 is 0.982. The number of carbonyl (C=O) groups excluding carboxylic acids is 1. The van der Waals surface area contributed by atoms with Crippen LogP contribution in [0.2, 0.25) is 0 Å². The van der Waals surface area contributed by atoms with E-state index in [1.54, 1.807) is 6.20 Å². The standard InChI is InChI=1S/C15H14BrN3O/c1-2-13-12(8-17-9-18-13)15(20)19-6-5-10-3-4-11(16)7-14(10)19/h3-4,7-9H,2,5-6H2,1H3. The molecule has 20 heavy (non-hydrogen) atoms. The van der Waals surface area contributed by atoms with Gasteiger partial charge in [0, 0.05) is 22.9 Å². The number of aryl methyl sites for hydroxylation is 1. The van der Waals surface area contributed by atoms with Crippen molar-refractivity contribution in [3.63, 3.8) is 0 Å². The molecule has 4 nitrogen and oxygen atoms in total. The molecule has 0 saturated carbocycles. The predicted molar refractivity (Wildman–Crippen MR) is 80.9 cm³/mol. The molecule has 1 aliphatic heterocycles. The highest BCUT2D eigenvalue weighted by atomic mass is 79.9. The van der Waals surface area contributed by atoms with E-state index < -0.39 is 0 Å².